The third-order valence-electron chi connectivity index (χ3n) is 2.61. The van der Waals surface area contributed by atoms with Crippen LogP contribution >= 0.6 is 11.8 Å². The number of amides is 1. The van der Waals surface area contributed by atoms with E-state index in [9.17, 15) is 14.4 Å². The van der Waals surface area contributed by atoms with E-state index in [0.717, 1.165) is 11.8 Å². The van der Waals surface area contributed by atoms with Crippen LogP contribution in [0.2, 0.25) is 0 Å². The van der Waals surface area contributed by atoms with Gasteiger partial charge in [0, 0.05) is 18.2 Å². The van der Waals surface area contributed by atoms with E-state index in [4.69, 9.17) is 5.11 Å². The molecule has 1 aromatic rings. The normalized spacial score (nSPS) is 10.9. The molecule has 1 aromatic carbocycles. The minimum absolute atomic E-state index is 0.0960. The van der Waals surface area contributed by atoms with E-state index < -0.39 is 10.7 Å². The smallest absolute Gasteiger partial charge is 0.319 e. The minimum atomic E-state index is -0.994. The van der Waals surface area contributed by atoms with Crippen LogP contribution in [-0.2, 0) is 9.59 Å². The number of ketones is 1. The molecule has 2 N–H and O–H groups in total. The quantitative estimate of drug-likeness (QED) is 0.787. The van der Waals surface area contributed by atoms with Crippen molar-refractivity contribution in [2.24, 2.45) is 0 Å². The van der Waals surface area contributed by atoms with Gasteiger partial charge in [-0.05, 0) is 38.1 Å². The Labute approximate surface area is 121 Å². The van der Waals surface area contributed by atoms with E-state index in [1.54, 1.807) is 38.1 Å². The zero-order valence-corrected chi connectivity index (χ0v) is 12.4. The summed E-state index contributed by atoms with van der Waals surface area (Å²) in [4.78, 5) is 33.8. The predicted octanol–water partition coefficient (Wildman–Crippen LogP) is 2.42. The molecule has 0 heterocycles. The number of aliphatic carboxylic acids is 1. The highest BCUT2D eigenvalue weighted by Crippen LogP contribution is 2.25. The number of carboxylic acid groups (broad SMARTS) is 1. The highest BCUT2D eigenvalue weighted by atomic mass is 32.2. The van der Waals surface area contributed by atoms with Gasteiger partial charge in [-0.1, -0.05) is 0 Å². The van der Waals surface area contributed by atoms with E-state index in [0.29, 0.717) is 11.3 Å². The average molecular weight is 295 g/mol. The van der Waals surface area contributed by atoms with Crippen molar-refractivity contribution in [1.82, 2.24) is 0 Å². The third kappa shape index (κ3) is 4.70. The van der Waals surface area contributed by atoms with Gasteiger partial charge in [0.15, 0.2) is 5.78 Å². The summed E-state index contributed by atoms with van der Waals surface area (Å²) in [6.07, 6.45) is 0. The summed E-state index contributed by atoms with van der Waals surface area (Å²) in [7, 11) is 0. The number of hydrogen-bond donors (Lipinski definition) is 2. The second-order valence-electron chi connectivity index (χ2n) is 4.79. The van der Waals surface area contributed by atoms with Gasteiger partial charge >= 0.3 is 5.97 Å². The van der Waals surface area contributed by atoms with Crippen LogP contribution in [0, 0.1) is 0 Å². The van der Waals surface area contributed by atoms with Crippen LogP contribution in [-0.4, -0.2) is 33.3 Å². The Balaban J connectivity index is 2.64. The third-order valence-corrected chi connectivity index (χ3v) is 3.91. The maximum atomic E-state index is 11.9. The van der Waals surface area contributed by atoms with E-state index in [2.05, 4.69) is 5.32 Å². The molecular formula is C14H17NO4S. The number of anilines is 1. The van der Waals surface area contributed by atoms with Crippen LogP contribution < -0.4 is 5.32 Å². The van der Waals surface area contributed by atoms with E-state index in [-0.39, 0.29) is 17.4 Å². The molecule has 0 aliphatic carbocycles. The molecule has 108 valence electrons. The Morgan fingerprint density at radius 2 is 1.75 bits per heavy atom. The first-order chi connectivity index (χ1) is 9.22. The highest BCUT2D eigenvalue weighted by molar-refractivity contribution is 8.02. The van der Waals surface area contributed by atoms with Gasteiger partial charge in [-0.3, -0.25) is 14.4 Å². The fourth-order valence-electron chi connectivity index (χ4n) is 1.33. The van der Waals surface area contributed by atoms with Gasteiger partial charge in [0.1, 0.15) is 4.75 Å². The molecule has 6 heteroatoms. The number of carbonyl (C=O) groups excluding carboxylic acids is 2. The number of carbonyl (C=O) groups is 3. The molecule has 0 aliphatic heterocycles. The monoisotopic (exact) mass is 295 g/mol. The number of Topliss-reactive ketones (excluding diaryl/α,β-unsaturated/α-hetero) is 1. The number of benzene rings is 1. The van der Waals surface area contributed by atoms with Crippen LogP contribution in [0.25, 0.3) is 0 Å². The number of nitrogens with one attached hydrogen (secondary N) is 1. The molecule has 0 radical (unpaired) electrons. The van der Waals surface area contributed by atoms with Gasteiger partial charge in [-0.15, -0.1) is 11.8 Å². The van der Waals surface area contributed by atoms with E-state index in [1.807, 2.05) is 0 Å². The van der Waals surface area contributed by atoms with Crippen molar-refractivity contribution >= 4 is 35.1 Å². The molecule has 0 unspecified atom stereocenters. The van der Waals surface area contributed by atoms with Crippen LogP contribution in [0.15, 0.2) is 24.3 Å². The van der Waals surface area contributed by atoms with Crippen molar-refractivity contribution in [2.75, 3.05) is 11.1 Å². The number of carboxylic acids is 1. The Bertz CT molecular complexity index is 522. The Kier molecular flexibility index (Phi) is 5.33. The number of rotatable bonds is 6. The molecule has 0 fully saturated rings. The van der Waals surface area contributed by atoms with Crippen LogP contribution in [0.5, 0.6) is 0 Å². The lowest BCUT2D eigenvalue weighted by Gasteiger charge is -2.17. The molecule has 0 bridgehead atoms. The molecule has 1 amide bonds. The molecule has 5 nitrogen and oxygen atoms in total. The van der Waals surface area contributed by atoms with Gasteiger partial charge in [0.25, 0.3) is 0 Å². The summed E-state index contributed by atoms with van der Waals surface area (Å²) in [6, 6.07) is 6.51. The van der Waals surface area contributed by atoms with Gasteiger partial charge < -0.3 is 10.4 Å². The fourth-order valence-corrected chi connectivity index (χ4v) is 2.12. The number of hydrogen-bond acceptors (Lipinski definition) is 4. The Hall–Kier alpha value is -1.82. The van der Waals surface area contributed by atoms with Gasteiger partial charge in [0.2, 0.25) is 5.91 Å². The molecule has 0 aromatic heterocycles. The van der Waals surface area contributed by atoms with Crippen molar-refractivity contribution in [1.29, 1.82) is 0 Å². The molecule has 0 spiro atoms. The molecule has 0 saturated carbocycles. The first-order valence-corrected chi connectivity index (χ1v) is 6.99. The standard InChI is InChI=1S/C14H17NO4S/c1-9(16)15-11-6-4-10(5-7-11)12(17)8-20-14(2,3)13(18)19/h4-7H,8H2,1-3H3,(H,15,16)(H,18,19). The van der Waals surface area contributed by atoms with Crippen molar-refractivity contribution in [2.45, 2.75) is 25.5 Å². The SMILES string of the molecule is CC(=O)Nc1ccc(C(=O)CSC(C)(C)C(=O)O)cc1. The van der Waals surface area contributed by atoms with Gasteiger partial charge in [-0.25, -0.2) is 0 Å². The van der Waals surface area contributed by atoms with Gasteiger partial charge in [-0.2, -0.15) is 0 Å². The molecule has 0 aliphatic rings. The first-order valence-electron chi connectivity index (χ1n) is 6.00. The molecule has 20 heavy (non-hydrogen) atoms. The first kappa shape index (κ1) is 16.2. The molecular weight excluding hydrogens is 278 g/mol. The Morgan fingerprint density at radius 1 is 1.20 bits per heavy atom. The number of thioether (sulfide) groups is 1. The second-order valence-corrected chi connectivity index (χ2v) is 6.38. The lowest BCUT2D eigenvalue weighted by Crippen LogP contribution is -2.28. The summed E-state index contributed by atoms with van der Waals surface area (Å²) in [5, 5.41) is 11.6. The summed E-state index contributed by atoms with van der Waals surface area (Å²) in [5.74, 6) is -1.17. The van der Waals surface area contributed by atoms with Gasteiger partial charge in [0.05, 0.1) is 5.75 Å². The van der Waals surface area contributed by atoms with Crippen molar-refractivity contribution < 1.29 is 19.5 Å². The second kappa shape index (κ2) is 6.56. The predicted molar refractivity (Wildman–Crippen MR) is 79.2 cm³/mol. The fraction of sp³-hybridized carbons (Fsp3) is 0.357. The van der Waals surface area contributed by atoms with E-state index in [1.165, 1.54) is 6.92 Å². The lowest BCUT2D eigenvalue weighted by atomic mass is 10.1. The summed E-state index contributed by atoms with van der Waals surface area (Å²) in [5.41, 5.74) is 1.11. The van der Waals surface area contributed by atoms with Crippen LogP contribution in [0.3, 0.4) is 0 Å². The van der Waals surface area contributed by atoms with E-state index >= 15 is 0 Å². The molecule has 0 atom stereocenters. The maximum Gasteiger partial charge on any atom is 0.319 e. The average Bonchev–Trinajstić information content (AvgIpc) is 2.36. The lowest BCUT2D eigenvalue weighted by molar-refractivity contribution is -0.138. The van der Waals surface area contributed by atoms with Crippen LogP contribution in [0.4, 0.5) is 5.69 Å². The van der Waals surface area contributed by atoms with Crippen molar-refractivity contribution in [3.05, 3.63) is 29.8 Å². The molecule has 1 rings (SSSR count). The zero-order valence-electron chi connectivity index (χ0n) is 11.6. The molecule has 0 saturated heterocycles. The highest BCUT2D eigenvalue weighted by Gasteiger charge is 2.28. The van der Waals surface area contributed by atoms with Crippen molar-refractivity contribution in [3.63, 3.8) is 0 Å². The minimum Gasteiger partial charge on any atom is -0.480 e. The van der Waals surface area contributed by atoms with Crippen molar-refractivity contribution in [3.8, 4) is 0 Å². The summed E-state index contributed by atoms with van der Waals surface area (Å²) < 4.78 is -0.994. The summed E-state index contributed by atoms with van der Waals surface area (Å²) in [6.45, 7) is 4.53. The van der Waals surface area contributed by atoms with Crippen LogP contribution in [0.1, 0.15) is 31.1 Å². The Morgan fingerprint density at radius 3 is 2.20 bits per heavy atom. The largest absolute Gasteiger partial charge is 0.480 e. The summed E-state index contributed by atoms with van der Waals surface area (Å²) >= 11 is 1.09. The topological polar surface area (TPSA) is 83.5 Å². The zero-order chi connectivity index (χ0) is 15.3. The maximum absolute atomic E-state index is 11.9.